The molecular weight excluding hydrogens is 234 g/mol. The van der Waals surface area contributed by atoms with E-state index in [0.717, 1.165) is 19.6 Å². The van der Waals surface area contributed by atoms with E-state index in [2.05, 4.69) is 61.6 Å². The lowest BCUT2D eigenvalue weighted by molar-refractivity contribution is -0.0292. The van der Waals surface area contributed by atoms with Crippen molar-refractivity contribution in [2.24, 2.45) is 0 Å². The summed E-state index contributed by atoms with van der Waals surface area (Å²) in [5.41, 5.74) is 1.42. The molecule has 0 saturated carbocycles. The zero-order valence-electron chi connectivity index (χ0n) is 11.6. The summed E-state index contributed by atoms with van der Waals surface area (Å²) in [4.78, 5) is 0. The van der Waals surface area contributed by atoms with E-state index in [1.165, 1.54) is 16.3 Å². The van der Waals surface area contributed by atoms with Crippen LogP contribution in [0, 0.1) is 0 Å². The Kier molecular flexibility index (Phi) is 3.29. The van der Waals surface area contributed by atoms with Crippen LogP contribution >= 0.6 is 0 Å². The van der Waals surface area contributed by atoms with E-state index >= 15 is 0 Å². The van der Waals surface area contributed by atoms with Gasteiger partial charge in [-0.1, -0.05) is 49.4 Å². The third-order valence-corrected chi connectivity index (χ3v) is 4.27. The highest BCUT2D eigenvalue weighted by Crippen LogP contribution is 2.30. The van der Waals surface area contributed by atoms with Gasteiger partial charge >= 0.3 is 0 Å². The van der Waals surface area contributed by atoms with Gasteiger partial charge in [-0.25, -0.2) is 0 Å². The Morgan fingerprint density at radius 3 is 2.74 bits per heavy atom. The van der Waals surface area contributed by atoms with Crippen LogP contribution in [0.5, 0.6) is 0 Å². The fourth-order valence-electron chi connectivity index (χ4n) is 2.69. The van der Waals surface area contributed by atoms with Crippen LogP contribution in [0.25, 0.3) is 10.8 Å². The first-order valence-electron chi connectivity index (χ1n) is 7.06. The number of rotatable bonds is 2. The van der Waals surface area contributed by atoms with Gasteiger partial charge in [0.15, 0.2) is 0 Å². The van der Waals surface area contributed by atoms with Crippen molar-refractivity contribution in [2.75, 3.05) is 13.2 Å². The van der Waals surface area contributed by atoms with Gasteiger partial charge in [0.1, 0.15) is 0 Å². The molecule has 19 heavy (non-hydrogen) atoms. The first-order chi connectivity index (χ1) is 9.22. The van der Waals surface area contributed by atoms with Crippen LogP contribution in [0.4, 0.5) is 0 Å². The van der Waals surface area contributed by atoms with Gasteiger partial charge in [0.25, 0.3) is 0 Å². The fraction of sp³-hybridized carbons (Fsp3) is 0.412. The predicted octanol–water partition coefficient (Wildman–Crippen LogP) is 3.67. The summed E-state index contributed by atoms with van der Waals surface area (Å²) in [7, 11) is 0. The van der Waals surface area contributed by atoms with Crippen molar-refractivity contribution in [3.05, 3.63) is 48.0 Å². The summed E-state index contributed by atoms with van der Waals surface area (Å²) in [6.07, 6.45) is 1.25. The third-order valence-electron chi connectivity index (χ3n) is 4.27. The lowest BCUT2D eigenvalue weighted by Crippen LogP contribution is -2.52. The largest absolute Gasteiger partial charge is 0.370 e. The van der Waals surface area contributed by atoms with Crippen LogP contribution in [-0.2, 0) is 4.74 Å². The highest BCUT2D eigenvalue weighted by Gasteiger charge is 2.30. The van der Waals surface area contributed by atoms with Crippen molar-refractivity contribution in [2.45, 2.75) is 31.9 Å². The fourth-order valence-corrected chi connectivity index (χ4v) is 2.69. The van der Waals surface area contributed by atoms with Crippen molar-refractivity contribution < 1.29 is 4.74 Å². The Bertz CT molecular complexity index is 565. The summed E-state index contributed by atoms with van der Waals surface area (Å²) >= 11 is 0. The van der Waals surface area contributed by atoms with Gasteiger partial charge in [0.05, 0.1) is 12.7 Å². The maximum Gasteiger partial charge on any atom is 0.0956 e. The summed E-state index contributed by atoms with van der Waals surface area (Å²) in [5, 5.41) is 6.22. The van der Waals surface area contributed by atoms with Gasteiger partial charge in [-0.2, -0.15) is 0 Å². The Morgan fingerprint density at radius 1 is 1.21 bits per heavy atom. The number of nitrogens with one attached hydrogen (secondary N) is 1. The average molecular weight is 255 g/mol. The molecule has 2 aromatic rings. The minimum absolute atomic E-state index is 0.126. The predicted molar refractivity (Wildman–Crippen MR) is 79.3 cm³/mol. The maximum atomic E-state index is 6.12. The standard InChI is InChI=1S/C17H21NO/c1-3-17(2)12-19-16(11-18-17)15-10-6-8-13-7-4-5-9-14(13)15/h4-10,16,18H,3,11-12H2,1-2H3. The topological polar surface area (TPSA) is 21.3 Å². The van der Waals surface area contributed by atoms with Gasteiger partial charge in [0.2, 0.25) is 0 Å². The van der Waals surface area contributed by atoms with Gasteiger partial charge in [0, 0.05) is 12.1 Å². The van der Waals surface area contributed by atoms with Crippen LogP contribution in [0.3, 0.4) is 0 Å². The maximum absolute atomic E-state index is 6.12. The quantitative estimate of drug-likeness (QED) is 0.884. The number of morpholine rings is 1. The molecule has 1 N–H and O–H groups in total. The first kappa shape index (κ1) is 12.6. The molecule has 0 radical (unpaired) electrons. The highest BCUT2D eigenvalue weighted by atomic mass is 16.5. The molecule has 0 bridgehead atoms. The Hall–Kier alpha value is -1.38. The lowest BCUT2D eigenvalue weighted by Gasteiger charge is -2.38. The molecular formula is C17H21NO. The van der Waals surface area contributed by atoms with E-state index in [4.69, 9.17) is 4.74 Å². The third kappa shape index (κ3) is 2.38. The Balaban J connectivity index is 1.90. The molecule has 1 aliphatic rings. The summed E-state index contributed by atoms with van der Waals surface area (Å²) in [6.45, 7) is 6.09. The smallest absolute Gasteiger partial charge is 0.0956 e. The van der Waals surface area contributed by atoms with Gasteiger partial charge in [-0.05, 0) is 29.7 Å². The second-order valence-electron chi connectivity index (χ2n) is 5.66. The molecule has 0 spiro atoms. The molecule has 2 heteroatoms. The molecule has 2 atom stereocenters. The highest BCUT2D eigenvalue weighted by molar-refractivity contribution is 5.86. The SMILES string of the molecule is CCC1(C)COC(c2cccc3ccccc23)CN1. The van der Waals surface area contributed by atoms with E-state index < -0.39 is 0 Å². The van der Waals surface area contributed by atoms with E-state index in [-0.39, 0.29) is 11.6 Å². The second-order valence-corrected chi connectivity index (χ2v) is 5.66. The van der Waals surface area contributed by atoms with Crippen LogP contribution in [0.15, 0.2) is 42.5 Å². The Morgan fingerprint density at radius 2 is 2.00 bits per heavy atom. The molecule has 2 aromatic carbocycles. The van der Waals surface area contributed by atoms with E-state index in [1.807, 2.05) is 0 Å². The van der Waals surface area contributed by atoms with Crippen LogP contribution in [0.2, 0.25) is 0 Å². The molecule has 1 saturated heterocycles. The van der Waals surface area contributed by atoms with Gasteiger partial charge in [-0.15, -0.1) is 0 Å². The average Bonchev–Trinajstić information content (AvgIpc) is 2.48. The summed E-state index contributed by atoms with van der Waals surface area (Å²) < 4.78 is 6.12. The van der Waals surface area contributed by atoms with Crippen molar-refractivity contribution in [1.29, 1.82) is 0 Å². The van der Waals surface area contributed by atoms with E-state index in [1.54, 1.807) is 0 Å². The monoisotopic (exact) mass is 255 g/mol. The zero-order valence-corrected chi connectivity index (χ0v) is 11.6. The van der Waals surface area contributed by atoms with Gasteiger partial charge in [-0.3, -0.25) is 0 Å². The molecule has 1 fully saturated rings. The molecule has 0 amide bonds. The van der Waals surface area contributed by atoms with E-state index in [0.29, 0.717) is 0 Å². The molecule has 1 heterocycles. The van der Waals surface area contributed by atoms with Crippen molar-refractivity contribution in [3.63, 3.8) is 0 Å². The molecule has 2 nitrogen and oxygen atoms in total. The minimum atomic E-state index is 0.126. The summed E-state index contributed by atoms with van der Waals surface area (Å²) in [5.74, 6) is 0. The Labute approximate surface area is 114 Å². The van der Waals surface area contributed by atoms with E-state index in [9.17, 15) is 0 Å². The van der Waals surface area contributed by atoms with Crippen molar-refractivity contribution in [3.8, 4) is 0 Å². The lowest BCUT2D eigenvalue weighted by atomic mass is 9.94. The molecule has 0 aromatic heterocycles. The van der Waals surface area contributed by atoms with Crippen LogP contribution in [0.1, 0.15) is 31.9 Å². The van der Waals surface area contributed by atoms with Gasteiger partial charge < -0.3 is 10.1 Å². The molecule has 100 valence electrons. The number of fused-ring (bicyclic) bond motifs is 1. The molecule has 3 rings (SSSR count). The number of benzene rings is 2. The number of hydrogen-bond acceptors (Lipinski definition) is 2. The number of hydrogen-bond donors (Lipinski definition) is 1. The molecule has 2 unspecified atom stereocenters. The number of ether oxygens (including phenoxy) is 1. The van der Waals surface area contributed by atoms with Crippen molar-refractivity contribution >= 4 is 10.8 Å². The minimum Gasteiger partial charge on any atom is -0.370 e. The summed E-state index contributed by atoms with van der Waals surface area (Å²) in [6, 6.07) is 15.0. The molecule has 0 aliphatic carbocycles. The normalized spacial score (nSPS) is 27.6. The zero-order chi connectivity index (χ0) is 13.3. The molecule has 1 aliphatic heterocycles. The first-order valence-corrected chi connectivity index (χ1v) is 7.06. The van der Waals surface area contributed by atoms with Crippen LogP contribution in [-0.4, -0.2) is 18.7 Å². The van der Waals surface area contributed by atoms with Crippen LogP contribution < -0.4 is 5.32 Å². The van der Waals surface area contributed by atoms with Crippen molar-refractivity contribution in [1.82, 2.24) is 5.32 Å². The second kappa shape index (κ2) is 4.95.